The third kappa shape index (κ3) is 2.75. The molecule has 146 valence electrons. The smallest absolute Gasteiger partial charge is 0.271 e. The van der Waals surface area contributed by atoms with Gasteiger partial charge in [0.1, 0.15) is 4.70 Å². The Kier molecular flexibility index (Phi) is 4.29. The lowest BCUT2D eigenvalue weighted by atomic mass is 10.0. The van der Waals surface area contributed by atoms with Crippen LogP contribution in [0.25, 0.3) is 15.8 Å². The van der Waals surface area contributed by atoms with E-state index >= 15 is 0 Å². The molecule has 6 rings (SSSR count). The molecule has 4 aromatic rings. The fourth-order valence-corrected chi connectivity index (χ4v) is 6.81. The van der Waals surface area contributed by atoms with Crippen molar-refractivity contribution >= 4 is 44.6 Å². The van der Waals surface area contributed by atoms with Gasteiger partial charge in [-0.25, -0.2) is 0 Å². The van der Waals surface area contributed by atoms with E-state index in [9.17, 15) is 0 Å². The summed E-state index contributed by atoms with van der Waals surface area (Å²) in [6, 6.07) is 28.3. The summed E-state index contributed by atoms with van der Waals surface area (Å²) < 4.78 is 3.84. The van der Waals surface area contributed by atoms with Crippen LogP contribution in [-0.4, -0.2) is 6.54 Å². The monoisotopic (exact) mass is 425 g/mol. The quantitative estimate of drug-likeness (QED) is 0.339. The fourth-order valence-electron chi connectivity index (χ4n) is 4.39. The summed E-state index contributed by atoms with van der Waals surface area (Å²) in [6.07, 6.45) is 2.43. The van der Waals surface area contributed by atoms with Crippen molar-refractivity contribution in [3.63, 3.8) is 0 Å². The summed E-state index contributed by atoms with van der Waals surface area (Å²) in [6.45, 7) is 4.12. The molecule has 0 unspecified atom stereocenters. The van der Waals surface area contributed by atoms with E-state index in [2.05, 4.69) is 101 Å². The van der Waals surface area contributed by atoms with E-state index in [1.807, 2.05) is 23.1 Å². The Morgan fingerprint density at radius 1 is 0.900 bits per heavy atom. The minimum atomic E-state index is 0.905. The lowest BCUT2D eigenvalue weighted by Gasteiger charge is -2.21. The van der Waals surface area contributed by atoms with Gasteiger partial charge in [-0.3, -0.25) is 0 Å². The predicted molar refractivity (Wildman–Crippen MR) is 128 cm³/mol. The van der Waals surface area contributed by atoms with Crippen molar-refractivity contribution in [2.24, 2.45) is 0 Å². The standard InChI is InChI=1S/C26H21N2S2/c1-2-27-21-12-6-8-14-23(21)29-25(27)19-16-20(18-10-4-3-5-11-18)26-28(17-19)22-13-7-9-15-24(22)30-26/h3-16H,2,17H2,1H3/q+1. The number of benzene rings is 3. The average molecular weight is 426 g/mol. The Balaban J connectivity index is 1.59. The molecule has 1 aromatic heterocycles. The Morgan fingerprint density at radius 3 is 2.53 bits per heavy atom. The van der Waals surface area contributed by atoms with Crippen molar-refractivity contribution in [2.75, 3.05) is 11.4 Å². The number of allylic oxidation sites excluding steroid dienone is 2. The number of rotatable bonds is 2. The van der Waals surface area contributed by atoms with E-state index in [0.717, 1.165) is 13.1 Å². The van der Waals surface area contributed by atoms with Gasteiger partial charge in [0.2, 0.25) is 5.52 Å². The number of hydrogen-bond acceptors (Lipinski definition) is 3. The summed E-state index contributed by atoms with van der Waals surface area (Å²) in [7, 11) is 0. The predicted octanol–water partition coefficient (Wildman–Crippen LogP) is 6.48. The normalized spacial score (nSPS) is 17.8. The van der Waals surface area contributed by atoms with Crippen LogP contribution in [0, 0.1) is 0 Å². The van der Waals surface area contributed by atoms with Crippen molar-refractivity contribution in [3.8, 4) is 0 Å². The van der Waals surface area contributed by atoms with Crippen LogP contribution in [0.5, 0.6) is 0 Å². The SMILES string of the molecule is CCN1C(=C2C=C(c3ccccc3)c3sc4ccccc4[n+]3C2)Sc2ccccc21. The Bertz CT molecular complexity index is 1330. The second-order valence-electron chi connectivity index (χ2n) is 7.53. The molecule has 0 amide bonds. The van der Waals surface area contributed by atoms with Crippen molar-refractivity contribution in [1.82, 2.24) is 0 Å². The first kappa shape index (κ1) is 18.0. The van der Waals surface area contributed by atoms with Gasteiger partial charge in [-0.1, -0.05) is 77.7 Å². The number of thioether (sulfide) groups is 1. The molecule has 2 nitrogen and oxygen atoms in total. The first-order valence-electron chi connectivity index (χ1n) is 10.3. The summed E-state index contributed by atoms with van der Waals surface area (Å²) in [4.78, 5) is 3.82. The Hall–Kier alpha value is -2.82. The third-order valence-corrected chi connectivity index (χ3v) is 8.21. The molecule has 0 N–H and O–H groups in total. The molecule has 30 heavy (non-hydrogen) atoms. The van der Waals surface area contributed by atoms with Crippen molar-refractivity contribution in [1.29, 1.82) is 0 Å². The van der Waals surface area contributed by atoms with Gasteiger partial charge < -0.3 is 4.90 Å². The van der Waals surface area contributed by atoms with E-state index in [1.54, 1.807) is 0 Å². The molecule has 0 atom stereocenters. The molecule has 2 aliphatic rings. The minimum absolute atomic E-state index is 0.905. The number of nitrogens with zero attached hydrogens (tertiary/aromatic N) is 2. The summed E-state index contributed by atoms with van der Waals surface area (Å²) in [5.74, 6) is 0. The number of aromatic nitrogens is 1. The molecule has 4 heteroatoms. The van der Waals surface area contributed by atoms with E-state index in [4.69, 9.17) is 0 Å². The maximum absolute atomic E-state index is 2.50. The van der Waals surface area contributed by atoms with E-state index in [1.165, 1.54) is 47.5 Å². The topological polar surface area (TPSA) is 7.12 Å². The second-order valence-corrected chi connectivity index (χ2v) is 9.59. The molecule has 0 fully saturated rings. The highest BCUT2D eigenvalue weighted by Gasteiger charge is 2.34. The minimum Gasteiger partial charge on any atom is -0.335 e. The molecular formula is C26H21N2S2+. The van der Waals surface area contributed by atoms with Crippen molar-refractivity contribution in [2.45, 2.75) is 18.4 Å². The summed E-state index contributed by atoms with van der Waals surface area (Å²) >= 11 is 3.80. The second kappa shape index (κ2) is 7.15. The zero-order chi connectivity index (χ0) is 20.1. The molecule has 0 aliphatic carbocycles. The van der Waals surface area contributed by atoms with Gasteiger partial charge >= 0.3 is 0 Å². The molecule has 3 heterocycles. The molecule has 0 saturated heterocycles. The highest BCUT2D eigenvalue weighted by atomic mass is 32.2. The first-order chi connectivity index (χ1) is 14.8. The largest absolute Gasteiger partial charge is 0.335 e. The highest BCUT2D eigenvalue weighted by Crippen LogP contribution is 2.48. The average Bonchev–Trinajstić information content (AvgIpc) is 3.37. The van der Waals surface area contributed by atoms with Gasteiger partial charge in [0, 0.05) is 23.1 Å². The Labute approximate surface area is 184 Å². The summed E-state index contributed by atoms with van der Waals surface area (Å²) in [5.41, 5.74) is 6.63. The molecule has 0 bridgehead atoms. The number of thiazole rings is 1. The third-order valence-electron chi connectivity index (χ3n) is 5.77. The van der Waals surface area contributed by atoms with Crippen LogP contribution in [0.4, 0.5) is 5.69 Å². The molecule has 3 aromatic carbocycles. The van der Waals surface area contributed by atoms with Gasteiger partial charge in [0.15, 0.2) is 6.54 Å². The van der Waals surface area contributed by atoms with E-state index < -0.39 is 0 Å². The lowest BCUT2D eigenvalue weighted by Crippen LogP contribution is -2.40. The van der Waals surface area contributed by atoms with Gasteiger partial charge in [-0.05, 0) is 36.8 Å². The maximum Gasteiger partial charge on any atom is 0.271 e. The highest BCUT2D eigenvalue weighted by molar-refractivity contribution is 8.03. The van der Waals surface area contributed by atoms with Gasteiger partial charge in [0.05, 0.1) is 16.3 Å². The van der Waals surface area contributed by atoms with E-state index in [-0.39, 0.29) is 0 Å². The lowest BCUT2D eigenvalue weighted by molar-refractivity contribution is -0.661. The van der Waals surface area contributed by atoms with Crippen LogP contribution in [0.1, 0.15) is 17.5 Å². The first-order valence-corrected chi connectivity index (χ1v) is 11.9. The zero-order valence-corrected chi connectivity index (χ0v) is 18.3. The molecule has 0 radical (unpaired) electrons. The zero-order valence-electron chi connectivity index (χ0n) is 16.7. The van der Waals surface area contributed by atoms with Crippen molar-refractivity contribution < 1.29 is 4.57 Å². The van der Waals surface area contributed by atoms with Crippen molar-refractivity contribution in [3.05, 3.63) is 106 Å². The van der Waals surface area contributed by atoms with Gasteiger partial charge in [-0.2, -0.15) is 4.57 Å². The van der Waals surface area contributed by atoms with Gasteiger partial charge in [-0.15, -0.1) is 0 Å². The van der Waals surface area contributed by atoms with Crippen LogP contribution in [-0.2, 0) is 6.54 Å². The maximum atomic E-state index is 2.50. The number of fused-ring (bicyclic) bond motifs is 4. The molecule has 2 aliphatic heterocycles. The van der Waals surface area contributed by atoms with Crippen LogP contribution >= 0.6 is 23.1 Å². The van der Waals surface area contributed by atoms with Crippen LogP contribution in [0.2, 0.25) is 0 Å². The Morgan fingerprint density at radius 2 is 1.67 bits per heavy atom. The van der Waals surface area contributed by atoms with Crippen LogP contribution < -0.4 is 9.47 Å². The number of para-hydroxylation sites is 2. The fraction of sp³-hybridized carbons (Fsp3) is 0.115. The van der Waals surface area contributed by atoms with E-state index in [0.29, 0.717) is 0 Å². The molecule has 0 saturated carbocycles. The number of hydrogen-bond donors (Lipinski definition) is 0. The molecule has 0 spiro atoms. The molecular weight excluding hydrogens is 404 g/mol. The number of anilines is 1. The van der Waals surface area contributed by atoms with Crippen LogP contribution in [0.15, 0.2) is 100 Å². The van der Waals surface area contributed by atoms with Crippen LogP contribution in [0.3, 0.4) is 0 Å². The van der Waals surface area contributed by atoms with Gasteiger partial charge in [0.25, 0.3) is 5.01 Å². The summed E-state index contributed by atoms with van der Waals surface area (Å²) in [5, 5.41) is 2.70.